The van der Waals surface area contributed by atoms with E-state index in [1.54, 1.807) is 0 Å². The molecule has 0 nitrogen and oxygen atoms in total. The van der Waals surface area contributed by atoms with Gasteiger partial charge in [0, 0.05) is 9.75 Å². The number of thiophene rings is 1. The normalized spacial score (nSPS) is 11.3. The van der Waals surface area contributed by atoms with Crippen molar-refractivity contribution in [1.29, 1.82) is 0 Å². The minimum atomic E-state index is 1.41. The average Bonchev–Trinajstić information content (AvgIpc) is 2.17. The maximum atomic E-state index is 2.19. The van der Waals surface area contributed by atoms with Gasteiger partial charge in [0.15, 0.2) is 0 Å². The van der Waals surface area contributed by atoms with E-state index in [2.05, 4.69) is 39.8 Å². The van der Waals surface area contributed by atoms with Gasteiger partial charge in [0.1, 0.15) is 0 Å². The molecular weight excluding hydrogens is 152 g/mol. The molecule has 1 heteroatoms. The third-order valence-electron chi connectivity index (χ3n) is 1.95. The molecule has 60 valence electrons. The molecule has 0 aliphatic rings. The average molecular weight is 166 g/mol. The Morgan fingerprint density at radius 3 is 2.09 bits per heavy atom. The molecule has 0 aromatic carbocycles. The number of allylic oxidation sites excluding steroid dienone is 1. The molecule has 0 unspecified atom stereocenters. The fourth-order valence-electron chi connectivity index (χ4n) is 1.22. The highest BCUT2D eigenvalue weighted by atomic mass is 32.1. The number of rotatable bonds is 1. The zero-order chi connectivity index (χ0) is 8.43. The van der Waals surface area contributed by atoms with E-state index >= 15 is 0 Å². The lowest BCUT2D eigenvalue weighted by Crippen LogP contribution is -1.75. The number of hydrogen-bond acceptors (Lipinski definition) is 1. The number of hydrogen-bond donors (Lipinski definition) is 0. The van der Waals surface area contributed by atoms with Gasteiger partial charge in [0.2, 0.25) is 0 Å². The molecule has 1 heterocycles. The van der Waals surface area contributed by atoms with Crippen LogP contribution >= 0.6 is 11.3 Å². The van der Waals surface area contributed by atoms with Crippen molar-refractivity contribution in [2.24, 2.45) is 0 Å². The van der Waals surface area contributed by atoms with Crippen LogP contribution in [0.4, 0.5) is 0 Å². The van der Waals surface area contributed by atoms with E-state index < -0.39 is 0 Å². The van der Waals surface area contributed by atoms with E-state index in [0.717, 1.165) is 0 Å². The monoisotopic (exact) mass is 166 g/mol. The zero-order valence-corrected chi connectivity index (χ0v) is 8.38. The first kappa shape index (κ1) is 8.54. The summed E-state index contributed by atoms with van der Waals surface area (Å²) in [5.74, 6) is 0. The van der Waals surface area contributed by atoms with Crippen LogP contribution in [-0.2, 0) is 0 Å². The van der Waals surface area contributed by atoms with Gasteiger partial charge < -0.3 is 0 Å². The molecule has 0 N–H and O–H groups in total. The van der Waals surface area contributed by atoms with E-state index in [1.165, 1.54) is 20.9 Å². The predicted octanol–water partition coefficient (Wildman–Crippen LogP) is 3.71. The van der Waals surface area contributed by atoms with Crippen LogP contribution in [0.5, 0.6) is 0 Å². The molecule has 0 bridgehead atoms. The molecule has 0 aliphatic carbocycles. The minimum Gasteiger partial charge on any atom is -0.145 e. The third kappa shape index (κ3) is 1.54. The molecule has 1 aromatic heterocycles. The maximum Gasteiger partial charge on any atom is 0.00920 e. The summed E-state index contributed by atoms with van der Waals surface area (Å²) in [5, 5.41) is 0. The Hall–Kier alpha value is -0.560. The highest BCUT2D eigenvalue weighted by molar-refractivity contribution is 7.12. The summed E-state index contributed by atoms with van der Waals surface area (Å²) in [6, 6.07) is 0. The van der Waals surface area contributed by atoms with Crippen molar-refractivity contribution >= 4 is 17.4 Å². The molecular formula is C10H14S. The van der Waals surface area contributed by atoms with E-state index in [1.807, 2.05) is 11.3 Å². The summed E-state index contributed by atoms with van der Waals surface area (Å²) in [7, 11) is 0. The second kappa shape index (κ2) is 3.22. The molecule has 0 aliphatic heterocycles. The van der Waals surface area contributed by atoms with Gasteiger partial charge in [-0.2, -0.15) is 0 Å². The molecule has 0 saturated heterocycles. The van der Waals surface area contributed by atoms with Crippen molar-refractivity contribution in [1.82, 2.24) is 0 Å². The molecule has 0 fully saturated rings. The van der Waals surface area contributed by atoms with Crippen LogP contribution in [-0.4, -0.2) is 0 Å². The van der Waals surface area contributed by atoms with Gasteiger partial charge in [0.25, 0.3) is 0 Å². The Morgan fingerprint density at radius 1 is 1.09 bits per heavy atom. The van der Waals surface area contributed by atoms with Crippen molar-refractivity contribution in [2.75, 3.05) is 0 Å². The Morgan fingerprint density at radius 2 is 1.73 bits per heavy atom. The van der Waals surface area contributed by atoms with Crippen molar-refractivity contribution in [3.63, 3.8) is 0 Å². The van der Waals surface area contributed by atoms with Gasteiger partial charge in [-0.05, 0) is 38.8 Å². The second-order valence-electron chi connectivity index (χ2n) is 2.75. The quantitative estimate of drug-likeness (QED) is 0.596. The van der Waals surface area contributed by atoms with E-state index in [0.29, 0.717) is 0 Å². The van der Waals surface area contributed by atoms with Crippen LogP contribution < -0.4 is 0 Å². The fourth-order valence-corrected chi connectivity index (χ4v) is 2.28. The summed E-state index contributed by atoms with van der Waals surface area (Å²) in [6.45, 7) is 8.61. The van der Waals surface area contributed by atoms with Gasteiger partial charge in [-0.25, -0.2) is 0 Å². The van der Waals surface area contributed by atoms with Crippen LogP contribution in [0.15, 0.2) is 6.08 Å². The van der Waals surface area contributed by atoms with E-state index in [-0.39, 0.29) is 0 Å². The molecule has 0 atom stereocenters. The highest BCUT2D eigenvalue weighted by Gasteiger charge is 2.04. The van der Waals surface area contributed by atoms with Gasteiger partial charge in [0.05, 0.1) is 0 Å². The summed E-state index contributed by atoms with van der Waals surface area (Å²) in [5.41, 5.74) is 2.85. The summed E-state index contributed by atoms with van der Waals surface area (Å²) in [6.07, 6.45) is 4.29. The molecule has 1 aromatic rings. The van der Waals surface area contributed by atoms with E-state index in [9.17, 15) is 0 Å². The largest absolute Gasteiger partial charge is 0.145 e. The topological polar surface area (TPSA) is 0 Å². The first-order chi connectivity index (χ1) is 5.16. The van der Waals surface area contributed by atoms with Crippen LogP contribution in [0.3, 0.4) is 0 Å². The fraction of sp³-hybridized carbons (Fsp3) is 0.400. The van der Waals surface area contributed by atoms with Crippen LogP contribution in [0.2, 0.25) is 0 Å². The van der Waals surface area contributed by atoms with Gasteiger partial charge in [-0.15, -0.1) is 11.3 Å². The first-order valence-corrected chi connectivity index (χ1v) is 4.67. The number of aryl methyl sites for hydroxylation is 2. The Balaban J connectivity index is 3.22. The van der Waals surface area contributed by atoms with Crippen molar-refractivity contribution in [3.05, 3.63) is 27.0 Å². The van der Waals surface area contributed by atoms with E-state index in [4.69, 9.17) is 0 Å². The van der Waals surface area contributed by atoms with Crippen molar-refractivity contribution < 1.29 is 0 Å². The lowest BCUT2D eigenvalue weighted by Gasteiger charge is -1.92. The van der Waals surface area contributed by atoms with Crippen molar-refractivity contribution in [2.45, 2.75) is 27.7 Å². The lowest BCUT2D eigenvalue weighted by atomic mass is 10.1. The molecule has 11 heavy (non-hydrogen) atoms. The molecule has 1 rings (SSSR count). The van der Waals surface area contributed by atoms with Crippen LogP contribution in [0.25, 0.3) is 6.08 Å². The van der Waals surface area contributed by atoms with Gasteiger partial charge in [-0.3, -0.25) is 0 Å². The highest BCUT2D eigenvalue weighted by Crippen LogP contribution is 2.27. The summed E-state index contributed by atoms with van der Waals surface area (Å²) >= 11 is 1.88. The molecule has 0 amide bonds. The predicted molar refractivity (Wildman–Crippen MR) is 53.2 cm³/mol. The summed E-state index contributed by atoms with van der Waals surface area (Å²) in [4.78, 5) is 2.87. The van der Waals surface area contributed by atoms with Gasteiger partial charge in [-0.1, -0.05) is 12.2 Å². The smallest absolute Gasteiger partial charge is 0.00920 e. The lowest BCUT2D eigenvalue weighted by molar-refractivity contribution is 1.40. The molecule has 0 saturated carbocycles. The third-order valence-corrected chi connectivity index (χ3v) is 3.09. The second-order valence-corrected chi connectivity index (χ2v) is 4.18. The Kier molecular flexibility index (Phi) is 2.50. The standard InChI is InChI=1S/C10H14S/c1-5-6-10-7(2)8(3)11-9(10)4/h5-6H,1-4H3. The molecule has 0 radical (unpaired) electrons. The summed E-state index contributed by atoms with van der Waals surface area (Å²) < 4.78 is 0. The Labute approximate surface area is 72.6 Å². The Bertz CT molecular complexity index is 279. The minimum absolute atomic E-state index is 1.41. The molecule has 0 spiro atoms. The first-order valence-electron chi connectivity index (χ1n) is 3.86. The maximum absolute atomic E-state index is 2.19. The van der Waals surface area contributed by atoms with Crippen LogP contribution in [0, 0.1) is 20.8 Å². The van der Waals surface area contributed by atoms with Crippen LogP contribution in [0.1, 0.15) is 27.8 Å². The zero-order valence-electron chi connectivity index (χ0n) is 7.56. The van der Waals surface area contributed by atoms with Crippen molar-refractivity contribution in [3.8, 4) is 0 Å². The SMILES string of the molecule is CC=Cc1c(C)sc(C)c1C. The van der Waals surface area contributed by atoms with Gasteiger partial charge >= 0.3 is 0 Å².